The van der Waals surface area contributed by atoms with Crippen LogP contribution in [0.1, 0.15) is 33.2 Å². The molecule has 4 rings (SSSR count). The van der Waals surface area contributed by atoms with Crippen molar-refractivity contribution in [2.75, 3.05) is 5.32 Å². The Morgan fingerprint density at radius 1 is 1.22 bits per heavy atom. The first-order chi connectivity index (χ1) is 16.9. The number of halogens is 6. The minimum absolute atomic E-state index is 0.0217. The summed E-state index contributed by atoms with van der Waals surface area (Å²) in [6.07, 6.45) is -7.74. The zero-order chi connectivity index (χ0) is 26.4. The lowest BCUT2D eigenvalue weighted by atomic mass is 10.0. The van der Waals surface area contributed by atoms with E-state index in [1.807, 2.05) is 0 Å². The van der Waals surface area contributed by atoms with Gasteiger partial charge < -0.3 is 11.1 Å². The number of anilines is 1. The highest BCUT2D eigenvalue weighted by Gasteiger charge is 2.38. The number of benzene rings is 1. The molecule has 3 aromatic heterocycles. The first-order valence-electron chi connectivity index (χ1n) is 10.1. The number of carbonyl (C=O) groups is 2. The van der Waals surface area contributed by atoms with E-state index in [2.05, 4.69) is 15.4 Å². The molecule has 36 heavy (non-hydrogen) atoms. The predicted molar refractivity (Wildman–Crippen MR) is 124 cm³/mol. The fourth-order valence-corrected chi connectivity index (χ4v) is 4.80. The molecule has 0 bridgehead atoms. The Bertz CT molecular complexity index is 1480. The lowest BCUT2D eigenvalue weighted by Gasteiger charge is -2.11. The van der Waals surface area contributed by atoms with Gasteiger partial charge in [0.05, 0.1) is 16.4 Å². The summed E-state index contributed by atoms with van der Waals surface area (Å²) in [7, 11) is 0. The molecule has 2 amide bonds. The second-order valence-electron chi connectivity index (χ2n) is 7.56. The number of nitrogens with one attached hydrogen (secondary N) is 1. The maximum absolute atomic E-state index is 13.5. The molecule has 0 aliphatic heterocycles. The van der Waals surface area contributed by atoms with Crippen molar-refractivity contribution in [1.29, 1.82) is 0 Å². The quantitative estimate of drug-likeness (QED) is 0.299. The van der Waals surface area contributed by atoms with E-state index in [0.29, 0.717) is 16.9 Å². The van der Waals surface area contributed by atoms with Crippen molar-refractivity contribution in [2.24, 2.45) is 5.73 Å². The van der Waals surface area contributed by atoms with Crippen molar-refractivity contribution < 1.29 is 31.5 Å². The topological polar surface area (TPSA) is 103 Å². The number of alkyl halides is 5. The van der Waals surface area contributed by atoms with Crippen LogP contribution in [0.3, 0.4) is 0 Å². The van der Waals surface area contributed by atoms with Crippen LogP contribution in [0.5, 0.6) is 0 Å². The van der Waals surface area contributed by atoms with Crippen LogP contribution in [0.4, 0.5) is 27.6 Å². The molecule has 0 aliphatic carbocycles. The molecule has 0 unspecified atom stereocenters. The summed E-state index contributed by atoms with van der Waals surface area (Å²) in [6.45, 7) is 0.580. The van der Waals surface area contributed by atoms with Crippen LogP contribution >= 0.6 is 22.9 Å². The maximum Gasteiger partial charge on any atom is 0.436 e. The molecule has 1 aromatic carbocycles. The van der Waals surface area contributed by atoms with Crippen molar-refractivity contribution in [3.63, 3.8) is 0 Å². The molecule has 4 aromatic rings. The smallest absolute Gasteiger partial charge is 0.365 e. The second-order valence-corrected chi connectivity index (χ2v) is 8.94. The molecule has 0 atom stereocenters. The molecule has 0 radical (unpaired) electrons. The molecular formula is C22H15ClF5N5O2S. The van der Waals surface area contributed by atoms with Gasteiger partial charge in [-0.2, -0.15) is 18.3 Å². The van der Waals surface area contributed by atoms with Crippen LogP contribution in [0.2, 0.25) is 5.02 Å². The molecule has 0 fully saturated rings. The van der Waals surface area contributed by atoms with Gasteiger partial charge in [-0.1, -0.05) is 41.9 Å². The summed E-state index contributed by atoms with van der Waals surface area (Å²) in [5.41, 5.74) is 4.15. The van der Waals surface area contributed by atoms with Crippen molar-refractivity contribution in [3.8, 4) is 11.1 Å². The lowest BCUT2D eigenvalue weighted by molar-refractivity contribution is -0.141. The largest absolute Gasteiger partial charge is 0.436 e. The highest BCUT2D eigenvalue weighted by Crippen LogP contribution is 2.42. The first kappa shape index (κ1) is 25.5. The van der Waals surface area contributed by atoms with E-state index < -0.39 is 47.4 Å². The van der Waals surface area contributed by atoms with Gasteiger partial charge in [-0.15, -0.1) is 11.3 Å². The zero-order valence-corrected chi connectivity index (χ0v) is 19.7. The third kappa shape index (κ3) is 4.75. The van der Waals surface area contributed by atoms with Crippen LogP contribution in [0.25, 0.3) is 21.3 Å². The van der Waals surface area contributed by atoms with E-state index in [1.165, 1.54) is 6.92 Å². The Morgan fingerprint density at radius 3 is 2.44 bits per heavy atom. The third-order valence-electron chi connectivity index (χ3n) is 5.17. The van der Waals surface area contributed by atoms with E-state index in [1.54, 1.807) is 30.3 Å². The number of fused-ring (bicyclic) bond motifs is 1. The predicted octanol–water partition coefficient (Wildman–Crippen LogP) is 5.82. The number of nitrogens with zero attached hydrogens (tertiary/aromatic N) is 3. The van der Waals surface area contributed by atoms with Gasteiger partial charge in [0.25, 0.3) is 12.3 Å². The van der Waals surface area contributed by atoms with Gasteiger partial charge in [-0.3, -0.25) is 14.3 Å². The standard InChI is InChI=1S/C22H15ClF5N5O2S/c1-9-15(23)18(22(26,27)28)32-33(9)8-13(34)31-16-14-11(10-5-3-2-4-6-10)7-12(19(24)25)30-21(14)36-17(16)20(29)35/h2-7,19H,8H2,1H3,(H2,29,35)(H,31,34). The molecule has 0 saturated heterocycles. The van der Waals surface area contributed by atoms with Crippen LogP contribution < -0.4 is 11.1 Å². The Labute approximate surface area is 208 Å². The summed E-state index contributed by atoms with van der Waals surface area (Å²) >= 11 is 6.44. The van der Waals surface area contributed by atoms with E-state index in [4.69, 9.17) is 17.3 Å². The van der Waals surface area contributed by atoms with Gasteiger partial charge in [0.2, 0.25) is 5.91 Å². The molecule has 188 valence electrons. The van der Waals surface area contributed by atoms with Gasteiger partial charge in [0.1, 0.15) is 21.9 Å². The minimum atomic E-state index is -4.83. The number of aromatic nitrogens is 3. The van der Waals surface area contributed by atoms with Gasteiger partial charge >= 0.3 is 6.18 Å². The van der Waals surface area contributed by atoms with E-state index in [9.17, 15) is 31.5 Å². The monoisotopic (exact) mass is 543 g/mol. The Hall–Kier alpha value is -3.58. The van der Waals surface area contributed by atoms with Crippen LogP contribution in [-0.2, 0) is 17.5 Å². The maximum atomic E-state index is 13.5. The number of carbonyl (C=O) groups excluding carboxylic acids is 2. The van der Waals surface area contributed by atoms with Gasteiger partial charge in [-0.05, 0) is 24.1 Å². The number of rotatable bonds is 6. The molecule has 0 saturated carbocycles. The molecule has 0 aliphatic rings. The van der Waals surface area contributed by atoms with Gasteiger partial charge in [0.15, 0.2) is 5.69 Å². The number of pyridine rings is 1. The number of primary amides is 1. The number of amides is 2. The van der Waals surface area contributed by atoms with E-state index in [0.717, 1.165) is 10.7 Å². The zero-order valence-electron chi connectivity index (χ0n) is 18.2. The number of hydrogen-bond acceptors (Lipinski definition) is 5. The number of nitrogens with two attached hydrogens (primary N) is 1. The second kappa shape index (κ2) is 9.47. The fourth-order valence-electron chi connectivity index (χ4n) is 3.54. The summed E-state index contributed by atoms with van der Waals surface area (Å²) in [5, 5.41) is 5.39. The van der Waals surface area contributed by atoms with Crippen LogP contribution in [0, 0.1) is 6.92 Å². The average Bonchev–Trinajstić information content (AvgIpc) is 3.31. The van der Waals surface area contributed by atoms with Crippen molar-refractivity contribution in [1.82, 2.24) is 14.8 Å². The number of thiophene rings is 1. The third-order valence-corrected chi connectivity index (χ3v) is 6.72. The molecule has 0 spiro atoms. The summed E-state index contributed by atoms with van der Waals surface area (Å²) in [4.78, 5) is 28.8. The molecular weight excluding hydrogens is 529 g/mol. The SMILES string of the molecule is Cc1c(Cl)c(C(F)(F)F)nn1CC(=O)Nc1c(C(N)=O)sc2nc(C(F)F)cc(-c3ccccc3)c12. The summed E-state index contributed by atoms with van der Waals surface area (Å²) in [6, 6.07) is 9.49. The Morgan fingerprint density at radius 2 is 1.89 bits per heavy atom. The number of hydrogen-bond donors (Lipinski definition) is 2. The molecule has 7 nitrogen and oxygen atoms in total. The van der Waals surface area contributed by atoms with E-state index >= 15 is 0 Å². The molecule has 3 heterocycles. The van der Waals surface area contributed by atoms with Gasteiger partial charge in [0, 0.05) is 5.39 Å². The summed E-state index contributed by atoms with van der Waals surface area (Å²) in [5.74, 6) is -1.81. The van der Waals surface area contributed by atoms with Crippen molar-refractivity contribution in [2.45, 2.75) is 26.1 Å². The summed E-state index contributed by atoms with van der Waals surface area (Å²) < 4.78 is 67.2. The Kier molecular flexibility index (Phi) is 6.71. The minimum Gasteiger partial charge on any atom is -0.365 e. The van der Waals surface area contributed by atoms with Crippen LogP contribution in [0.15, 0.2) is 36.4 Å². The normalized spacial score (nSPS) is 11.9. The highest BCUT2D eigenvalue weighted by atomic mass is 35.5. The van der Waals surface area contributed by atoms with Gasteiger partial charge in [-0.25, -0.2) is 13.8 Å². The van der Waals surface area contributed by atoms with E-state index in [-0.39, 0.29) is 32.0 Å². The van der Waals surface area contributed by atoms with Crippen LogP contribution in [-0.4, -0.2) is 26.6 Å². The van der Waals surface area contributed by atoms with Crippen molar-refractivity contribution in [3.05, 3.63) is 63.4 Å². The fraction of sp³-hybridized carbons (Fsp3) is 0.182. The average molecular weight is 544 g/mol. The Balaban J connectivity index is 1.82. The first-order valence-corrected chi connectivity index (χ1v) is 11.3. The lowest BCUT2D eigenvalue weighted by Crippen LogP contribution is -2.22. The molecule has 14 heteroatoms. The van der Waals surface area contributed by atoms with Crippen molar-refractivity contribution >= 4 is 50.7 Å². The molecule has 3 N–H and O–H groups in total. The highest BCUT2D eigenvalue weighted by molar-refractivity contribution is 7.21.